The summed E-state index contributed by atoms with van der Waals surface area (Å²) < 4.78 is 83.3. The predicted octanol–water partition coefficient (Wildman–Crippen LogP) is 7.91. The van der Waals surface area contributed by atoms with E-state index in [0.717, 1.165) is 17.5 Å². The second-order valence-corrected chi connectivity index (χ2v) is 9.38. The van der Waals surface area contributed by atoms with E-state index in [-0.39, 0.29) is 10.9 Å². The molecule has 31 heavy (non-hydrogen) atoms. The van der Waals surface area contributed by atoms with Crippen LogP contribution in [0.1, 0.15) is 11.1 Å². The fourth-order valence-electron chi connectivity index (χ4n) is 4.07. The van der Waals surface area contributed by atoms with Gasteiger partial charge in [0.05, 0.1) is 0 Å². The summed E-state index contributed by atoms with van der Waals surface area (Å²) in [6.45, 7) is 0. The molecular weight excluding hydrogens is 481 g/mol. The SMILES string of the molecule is FC(F)(F)c1ccccc1-c1cc2c3ccccc3c3cccc(C(F)(F)F)c3c2[se]1. The van der Waals surface area contributed by atoms with Gasteiger partial charge in [-0.15, -0.1) is 0 Å². The van der Waals surface area contributed by atoms with E-state index in [2.05, 4.69) is 0 Å². The monoisotopic (exact) mass is 494 g/mol. The Bertz CT molecular complexity index is 1460. The summed E-state index contributed by atoms with van der Waals surface area (Å²) in [5.74, 6) is 0. The average Bonchev–Trinajstić information content (AvgIpc) is 3.18. The minimum absolute atomic E-state index is 0.0212. The molecule has 0 saturated carbocycles. The van der Waals surface area contributed by atoms with Crippen LogP contribution in [0.5, 0.6) is 0 Å². The van der Waals surface area contributed by atoms with Crippen LogP contribution in [-0.4, -0.2) is 14.5 Å². The summed E-state index contributed by atoms with van der Waals surface area (Å²) in [5, 5.41) is 2.52. The van der Waals surface area contributed by atoms with Gasteiger partial charge in [-0.2, -0.15) is 0 Å². The van der Waals surface area contributed by atoms with Crippen LogP contribution in [0.25, 0.3) is 41.2 Å². The molecule has 156 valence electrons. The zero-order valence-corrected chi connectivity index (χ0v) is 17.3. The van der Waals surface area contributed by atoms with Gasteiger partial charge in [-0.25, -0.2) is 0 Å². The van der Waals surface area contributed by atoms with Gasteiger partial charge in [0.15, 0.2) is 0 Å². The van der Waals surface area contributed by atoms with Gasteiger partial charge in [0.2, 0.25) is 0 Å². The van der Waals surface area contributed by atoms with Gasteiger partial charge in [0.1, 0.15) is 0 Å². The number of hydrogen-bond acceptors (Lipinski definition) is 0. The average molecular weight is 493 g/mol. The van der Waals surface area contributed by atoms with Crippen molar-refractivity contribution < 1.29 is 26.3 Å². The normalized spacial score (nSPS) is 12.8. The number of alkyl halides is 6. The van der Waals surface area contributed by atoms with E-state index in [4.69, 9.17) is 0 Å². The summed E-state index contributed by atoms with van der Waals surface area (Å²) in [5.41, 5.74) is -1.51. The Morgan fingerprint density at radius 1 is 0.548 bits per heavy atom. The molecule has 0 N–H and O–H groups in total. The number of benzene rings is 4. The molecule has 0 aliphatic carbocycles. The molecule has 0 unspecified atom stereocenters. The maximum absolute atomic E-state index is 13.9. The quantitative estimate of drug-likeness (QED) is 0.127. The second-order valence-electron chi connectivity index (χ2n) is 7.17. The fourth-order valence-corrected chi connectivity index (χ4v) is 6.76. The number of halogens is 6. The molecule has 7 heteroatoms. The molecule has 0 saturated heterocycles. The number of rotatable bonds is 1. The topological polar surface area (TPSA) is 0 Å². The first kappa shape index (κ1) is 20.2. The molecule has 1 heterocycles. The standard InChI is InChI=1S/C24H12F6Se/c25-23(26,27)18-10-4-3-8-16(18)20-12-17-14-7-2-1-6-13(14)15-9-5-11-19(24(28,29)30)21(15)22(17)31-20/h1-12H. The maximum atomic E-state index is 13.9. The van der Waals surface area contributed by atoms with Gasteiger partial charge in [-0.3, -0.25) is 0 Å². The Hall–Kier alpha value is -2.76. The van der Waals surface area contributed by atoms with Gasteiger partial charge < -0.3 is 0 Å². The molecule has 0 amide bonds. The molecule has 4 aromatic carbocycles. The van der Waals surface area contributed by atoms with Gasteiger partial charge in [-0.1, -0.05) is 0 Å². The Kier molecular flexibility index (Phi) is 4.47. The predicted molar refractivity (Wildman–Crippen MR) is 111 cm³/mol. The van der Waals surface area contributed by atoms with E-state index in [9.17, 15) is 26.3 Å². The summed E-state index contributed by atoms with van der Waals surface area (Å²) >= 11 is -0.722. The van der Waals surface area contributed by atoms with Crippen molar-refractivity contribution in [2.24, 2.45) is 0 Å². The van der Waals surface area contributed by atoms with Crippen LogP contribution < -0.4 is 0 Å². The van der Waals surface area contributed by atoms with Crippen LogP contribution in [0.4, 0.5) is 26.3 Å². The Morgan fingerprint density at radius 3 is 1.77 bits per heavy atom. The van der Waals surface area contributed by atoms with Gasteiger partial charge in [0, 0.05) is 0 Å². The third kappa shape index (κ3) is 3.23. The second kappa shape index (κ2) is 6.87. The van der Waals surface area contributed by atoms with E-state index in [1.54, 1.807) is 36.4 Å². The van der Waals surface area contributed by atoms with Crippen LogP contribution in [0.3, 0.4) is 0 Å². The molecule has 1 aromatic heterocycles. The third-order valence-corrected chi connectivity index (χ3v) is 7.82. The molecule has 0 nitrogen and oxygen atoms in total. The van der Waals surface area contributed by atoms with Crippen LogP contribution in [0.2, 0.25) is 0 Å². The van der Waals surface area contributed by atoms with E-state index in [1.807, 2.05) is 0 Å². The Balaban J connectivity index is 1.96. The van der Waals surface area contributed by atoms with E-state index in [1.165, 1.54) is 24.3 Å². The van der Waals surface area contributed by atoms with Gasteiger partial charge >= 0.3 is 178 Å². The first-order chi connectivity index (χ1) is 14.7. The van der Waals surface area contributed by atoms with Crippen molar-refractivity contribution in [2.45, 2.75) is 12.4 Å². The van der Waals surface area contributed by atoms with Crippen molar-refractivity contribution in [3.63, 3.8) is 0 Å². The summed E-state index contributed by atoms with van der Waals surface area (Å²) in [6.07, 6.45) is -9.12. The summed E-state index contributed by atoms with van der Waals surface area (Å²) in [6, 6.07) is 18.0. The van der Waals surface area contributed by atoms with Crippen molar-refractivity contribution in [3.05, 3.63) is 83.9 Å². The Morgan fingerprint density at radius 2 is 1.10 bits per heavy atom. The van der Waals surface area contributed by atoms with Crippen molar-refractivity contribution in [2.75, 3.05) is 0 Å². The van der Waals surface area contributed by atoms with Crippen LogP contribution >= 0.6 is 0 Å². The minimum atomic E-state index is -4.57. The molecule has 0 spiro atoms. The molecular formula is C24H12F6Se. The van der Waals surface area contributed by atoms with E-state index < -0.39 is 38.0 Å². The first-order valence-electron chi connectivity index (χ1n) is 9.27. The van der Waals surface area contributed by atoms with Crippen LogP contribution in [0, 0.1) is 0 Å². The van der Waals surface area contributed by atoms with E-state index in [0.29, 0.717) is 24.9 Å². The molecule has 0 atom stereocenters. The molecule has 5 aromatic rings. The molecule has 0 aliphatic rings. The molecule has 0 bridgehead atoms. The first-order valence-corrected chi connectivity index (χ1v) is 11.0. The molecule has 0 aliphatic heterocycles. The van der Waals surface area contributed by atoms with Gasteiger partial charge in [0.25, 0.3) is 0 Å². The fraction of sp³-hybridized carbons (Fsp3) is 0.0833. The van der Waals surface area contributed by atoms with Crippen LogP contribution in [0.15, 0.2) is 72.8 Å². The van der Waals surface area contributed by atoms with Crippen molar-refractivity contribution in [1.82, 2.24) is 0 Å². The zero-order valence-electron chi connectivity index (χ0n) is 15.6. The zero-order chi connectivity index (χ0) is 22.0. The number of fused-ring (bicyclic) bond motifs is 6. The van der Waals surface area contributed by atoms with Crippen LogP contribution in [-0.2, 0) is 12.4 Å². The summed E-state index contributed by atoms with van der Waals surface area (Å²) in [4.78, 5) is 0. The number of hydrogen-bond donors (Lipinski definition) is 0. The third-order valence-electron chi connectivity index (χ3n) is 5.33. The van der Waals surface area contributed by atoms with E-state index >= 15 is 0 Å². The van der Waals surface area contributed by atoms with Crippen molar-refractivity contribution in [3.8, 4) is 10.0 Å². The molecule has 5 rings (SSSR count). The van der Waals surface area contributed by atoms with Crippen molar-refractivity contribution in [1.29, 1.82) is 0 Å². The molecule has 0 radical (unpaired) electrons. The van der Waals surface area contributed by atoms with Gasteiger partial charge in [-0.05, 0) is 0 Å². The molecule has 0 fully saturated rings. The van der Waals surface area contributed by atoms with Crippen molar-refractivity contribution >= 4 is 45.7 Å². The summed E-state index contributed by atoms with van der Waals surface area (Å²) in [7, 11) is 0. The Labute approximate surface area is 178 Å².